The van der Waals surface area contributed by atoms with Gasteiger partial charge in [0.1, 0.15) is 0 Å². The minimum Gasteiger partial charge on any atom is -0.759 e. The molecule has 0 aliphatic heterocycles. The van der Waals surface area contributed by atoms with Crippen molar-refractivity contribution in [3.63, 3.8) is 0 Å². The van der Waals surface area contributed by atoms with E-state index in [2.05, 4.69) is 0 Å². The van der Waals surface area contributed by atoms with Crippen LogP contribution in [0.1, 0.15) is 0 Å². The second-order valence-electron chi connectivity index (χ2n) is 1.41. The van der Waals surface area contributed by atoms with Crippen LogP contribution in [0, 0.1) is 0 Å². The van der Waals surface area contributed by atoms with Gasteiger partial charge in [-0.05, 0) is 0 Å². The molecule has 0 amide bonds. The molecule has 0 aromatic rings. The van der Waals surface area contributed by atoms with Gasteiger partial charge >= 0.3 is 16.5 Å². The summed E-state index contributed by atoms with van der Waals surface area (Å²) >= 11 is 0. The summed E-state index contributed by atoms with van der Waals surface area (Å²) < 4.78 is 34.1. The third-order valence-corrected chi connectivity index (χ3v) is 0.250. The first-order chi connectivity index (χ1) is 5.83. The summed E-state index contributed by atoms with van der Waals surface area (Å²) in [5.41, 5.74) is 25.1. The summed E-state index contributed by atoms with van der Waals surface area (Å²) in [5.74, 6) is 0. The van der Waals surface area contributed by atoms with Crippen LogP contribution >= 0.6 is 0 Å². The summed E-state index contributed by atoms with van der Waals surface area (Å²) in [6, 6.07) is 0. The fourth-order valence-corrected chi connectivity index (χ4v) is 0. The van der Waals surface area contributed by atoms with Crippen molar-refractivity contribution in [3.05, 3.63) is 22.9 Å². The predicted molar refractivity (Wildman–Crippen MR) is 47.2 cm³/mol. The quantitative estimate of drug-likeness (QED) is 0.410. The maximum Gasteiger partial charge on any atom is 2.00 e. The Labute approximate surface area is 93.9 Å². The van der Waals surface area contributed by atoms with Gasteiger partial charge < -0.3 is 32.0 Å². The molecular weight excluding hydrogens is 259 g/mol. The second kappa shape index (κ2) is 18.9. The van der Waals surface area contributed by atoms with Gasteiger partial charge in [-0.1, -0.05) is 0 Å². The molecule has 0 unspecified atom stereocenters. The predicted octanol–water partition coefficient (Wildman–Crippen LogP) is 0.841. The van der Waals surface area contributed by atoms with Crippen molar-refractivity contribution in [3.8, 4) is 0 Å². The van der Waals surface area contributed by atoms with E-state index in [1.54, 1.807) is 0 Å². The Hall–Kier alpha value is 0.204. The molecule has 0 bridgehead atoms. The fraction of sp³-hybridized carbons (Fsp3) is 1.00. The van der Waals surface area contributed by atoms with Crippen molar-refractivity contribution in [1.82, 2.24) is 0 Å². The van der Waals surface area contributed by atoms with Crippen LogP contribution in [0.4, 0.5) is 0 Å². The molecule has 0 rings (SSSR count). The Kier molecular flexibility index (Phi) is 32.1. The summed E-state index contributed by atoms with van der Waals surface area (Å²) in [5, 5.41) is 0. The van der Waals surface area contributed by atoms with Crippen LogP contribution in [0.3, 0.4) is 0 Å². The van der Waals surface area contributed by atoms with Crippen LogP contribution in [-0.4, -0.2) is 43.7 Å². The zero-order valence-corrected chi connectivity index (χ0v) is 8.99. The minimum absolute atomic E-state index is 0. The molecule has 0 aliphatic carbocycles. The Balaban J connectivity index is -0.0000000522. The third kappa shape index (κ3) is 315. The van der Waals surface area contributed by atoms with E-state index >= 15 is 0 Å². The monoisotopic (exact) mass is 270 g/mol. The van der Waals surface area contributed by atoms with Gasteiger partial charge in [-0.2, -0.15) is 26.2 Å². The van der Waals surface area contributed by atoms with Crippen molar-refractivity contribution in [2.24, 2.45) is 0 Å². The standard InChI is InChI=1S/2C2H6N2.Ni.H2O4S/c2*3-1-2-4;;1-5(2,3)4/h2*3-4H,1-2H2;;(H2,1,2,3,4)/q2*-2;+2;/p-2. The van der Waals surface area contributed by atoms with E-state index in [1.807, 2.05) is 0 Å². The van der Waals surface area contributed by atoms with Gasteiger partial charge in [0.25, 0.3) is 0 Å². The number of hydrogen-bond acceptors (Lipinski definition) is 4. The van der Waals surface area contributed by atoms with Crippen molar-refractivity contribution < 1.29 is 34.0 Å². The van der Waals surface area contributed by atoms with Crippen LogP contribution in [0.2, 0.25) is 0 Å². The zero-order chi connectivity index (χ0) is 11.3. The average molecular weight is 271 g/mol. The maximum absolute atomic E-state index is 8.52. The van der Waals surface area contributed by atoms with Gasteiger partial charge in [0, 0.05) is 10.4 Å². The molecule has 14 heavy (non-hydrogen) atoms. The number of hydrogen-bond donors (Lipinski definition) is 0. The molecule has 0 saturated carbocycles. The first kappa shape index (κ1) is 23.8. The molecular formula is C4H12N4NiO4S-4. The Morgan fingerprint density at radius 1 is 0.786 bits per heavy atom. The van der Waals surface area contributed by atoms with Crippen molar-refractivity contribution in [2.75, 3.05) is 26.2 Å². The molecule has 8 nitrogen and oxygen atoms in total. The average Bonchev–Trinajstić information content (AvgIpc) is 2.01. The molecule has 0 heterocycles. The fourth-order valence-electron chi connectivity index (χ4n) is 0. The first-order valence-corrected chi connectivity index (χ1v) is 4.41. The summed E-state index contributed by atoms with van der Waals surface area (Å²) in [6.45, 7) is 0.944. The zero-order valence-electron chi connectivity index (χ0n) is 7.19. The van der Waals surface area contributed by atoms with E-state index < -0.39 is 10.4 Å². The molecule has 92 valence electrons. The molecule has 0 spiro atoms. The smallest absolute Gasteiger partial charge is 0.759 e. The minimum atomic E-state index is -5.17. The second-order valence-corrected chi connectivity index (χ2v) is 2.22. The van der Waals surface area contributed by atoms with Gasteiger partial charge in [0.2, 0.25) is 0 Å². The summed E-state index contributed by atoms with van der Waals surface area (Å²) in [6.07, 6.45) is 0. The largest absolute Gasteiger partial charge is 2.00 e. The Bertz CT molecular complexity index is 149. The van der Waals surface area contributed by atoms with Gasteiger partial charge in [0.05, 0.1) is 0 Å². The van der Waals surface area contributed by atoms with E-state index in [0.717, 1.165) is 0 Å². The summed E-state index contributed by atoms with van der Waals surface area (Å²) in [4.78, 5) is 0. The van der Waals surface area contributed by atoms with Crippen molar-refractivity contribution in [1.29, 1.82) is 0 Å². The van der Waals surface area contributed by atoms with E-state index in [9.17, 15) is 0 Å². The van der Waals surface area contributed by atoms with E-state index in [1.165, 1.54) is 0 Å². The van der Waals surface area contributed by atoms with Gasteiger partial charge in [0.15, 0.2) is 0 Å². The Morgan fingerprint density at radius 3 is 0.857 bits per heavy atom. The van der Waals surface area contributed by atoms with E-state index in [-0.39, 0.29) is 42.7 Å². The number of nitrogens with one attached hydrogen (secondary N) is 4. The van der Waals surface area contributed by atoms with E-state index in [0.29, 0.717) is 0 Å². The topological polar surface area (TPSA) is 175 Å². The maximum atomic E-state index is 8.52. The van der Waals surface area contributed by atoms with Crippen molar-refractivity contribution in [2.45, 2.75) is 0 Å². The molecule has 0 atom stereocenters. The SMILES string of the molecule is O=S(=O)([O-])[O-].[NH-]CC[NH-].[NH-]CC[NH-].[Ni+2]. The van der Waals surface area contributed by atoms with Crippen LogP contribution in [-0.2, 0) is 26.9 Å². The van der Waals surface area contributed by atoms with Crippen molar-refractivity contribution >= 4 is 10.4 Å². The third-order valence-electron chi connectivity index (χ3n) is 0.250. The Morgan fingerprint density at radius 2 is 0.857 bits per heavy atom. The summed E-state index contributed by atoms with van der Waals surface area (Å²) in [7, 11) is -5.17. The molecule has 4 N–H and O–H groups in total. The van der Waals surface area contributed by atoms with Crippen LogP contribution in [0.15, 0.2) is 0 Å². The normalized spacial score (nSPS) is 8.43. The molecule has 0 saturated heterocycles. The molecule has 0 fully saturated rings. The molecule has 0 aliphatic rings. The van der Waals surface area contributed by atoms with Crippen LogP contribution in [0.25, 0.3) is 22.9 Å². The van der Waals surface area contributed by atoms with Crippen LogP contribution < -0.4 is 0 Å². The first-order valence-electron chi connectivity index (χ1n) is 3.08. The van der Waals surface area contributed by atoms with E-state index in [4.69, 9.17) is 40.5 Å². The molecule has 0 radical (unpaired) electrons. The number of rotatable bonds is 2. The molecule has 0 aromatic heterocycles. The van der Waals surface area contributed by atoms with Gasteiger partial charge in [-0.3, -0.25) is 8.42 Å². The van der Waals surface area contributed by atoms with Gasteiger partial charge in [-0.25, -0.2) is 0 Å². The van der Waals surface area contributed by atoms with Gasteiger partial charge in [-0.15, -0.1) is 0 Å². The molecule has 10 heteroatoms. The van der Waals surface area contributed by atoms with Crippen LogP contribution in [0.5, 0.6) is 0 Å². The molecule has 0 aromatic carbocycles.